The first kappa shape index (κ1) is 13.7. The molecule has 104 valence electrons. The van der Waals surface area contributed by atoms with Crippen LogP contribution in [0, 0.1) is 0 Å². The summed E-state index contributed by atoms with van der Waals surface area (Å²) in [7, 11) is 0. The van der Waals surface area contributed by atoms with E-state index < -0.39 is 5.97 Å². The molecule has 0 spiro atoms. The van der Waals surface area contributed by atoms with E-state index in [4.69, 9.17) is 9.84 Å². The lowest BCUT2D eigenvalue weighted by atomic mass is 10.1. The summed E-state index contributed by atoms with van der Waals surface area (Å²) in [6.07, 6.45) is 2.49. The van der Waals surface area contributed by atoms with E-state index in [1.165, 1.54) is 6.08 Å². The van der Waals surface area contributed by atoms with Crippen LogP contribution in [0.5, 0.6) is 0 Å². The number of allylic oxidation sites excluding steroid dienone is 1. The van der Waals surface area contributed by atoms with Gasteiger partial charge in [0.1, 0.15) is 5.82 Å². The Morgan fingerprint density at radius 1 is 1.63 bits per heavy atom. The molecule has 1 atom stereocenters. The predicted molar refractivity (Wildman–Crippen MR) is 69.0 cm³/mol. The fourth-order valence-corrected chi connectivity index (χ4v) is 2.24. The number of rotatable bonds is 4. The van der Waals surface area contributed by atoms with Gasteiger partial charge in [-0.15, -0.1) is 0 Å². The number of carboxylic acid groups (broad SMARTS) is 1. The molecule has 0 amide bonds. The molecule has 6 heteroatoms. The minimum atomic E-state index is -0.957. The summed E-state index contributed by atoms with van der Waals surface area (Å²) in [4.78, 5) is 28.7. The van der Waals surface area contributed by atoms with E-state index in [1.54, 1.807) is 0 Å². The lowest BCUT2D eigenvalue weighted by Gasteiger charge is -2.34. The topological polar surface area (TPSA) is 79.2 Å². The molecule has 0 saturated carbocycles. The number of carboxylic acids is 1. The standard InChI is InChI=1S/C13H18N2O4/c1-2-11-8-15(3-4-19-11)12-7-10(16)5-9(14-12)6-13(17)18/h7,11H,2-6,8H2,1H3,(H,17,18). The molecule has 0 bridgehead atoms. The second-order valence-corrected chi connectivity index (χ2v) is 4.74. The van der Waals surface area contributed by atoms with Crippen molar-refractivity contribution in [1.29, 1.82) is 0 Å². The van der Waals surface area contributed by atoms with Crippen molar-refractivity contribution in [2.75, 3.05) is 19.7 Å². The van der Waals surface area contributed by atoms with E-state index in [1.807, 2.05) is 11.8 Å². The fourth-order valence-electron chi connectivity index (χ4n) is 2.24. The van der Waals surface area contributed by atoms with Crippen molar-refractivity contribution in [1.82, 2.24) is 4.90 Å². The Bertz CT molecular complexity index is 442. The molecular weight excluding hydrogens is 248 g/mol. The number of nitrogens with zero attached hydrogens (tertiary/aromatic N) is 2. The summed E-state index contributed by atoms with van der Waals surface area (Å²) in [6, 6.07) is 0. The molecule has 0 radical (unpaired) electrons. The predicted octanol–water partition coefficient (Wildman–Crippen LogP) is 0.827. The fraction of sp³-hybridized carbons (Fsp3) is 0.615. The lowest BCUT2D eigenvalue weighted by Crippen LogP contribution is -2.42. The van der Waals surface area contributed by atoms with Gasteiger partial charge in [-0.1, -0.05) is 6.92 Å². The molecule has 1 unspecified atom stereocenters. The van der Waals surface area contributed by atoms with Crippen LogP contribution < -0.4 is 0 Å². The summed E-state index contributed by atoms with van der Waals surface area (Å²) in [5.74, 6) is -0.462. The Labute approximate surface area is 111 Å². The highest BCUT2D eigenvalue weighted by Crippen LogP contribution is 2.19. The molecule has 1 fully saturated rings. The molecule has 2 aliphatic heterocycles. The van der Waals surface area contributed by atoms with Crippen LogP contribution in [0.4, 0.5) is 0 Å². The molecule has 2 aliphatic rings. The lowest BCUT2D eigenvalue weighted by molar-refractivity contribution is -0.135. The zero-order valence-electron chi connectivity index (χ0n) is 11.0. The molecule has 0 aromatic heterocycles. The van der Waals surface area contributed by atoms with Crippen molar-refractivity contribution in [2.45, 2.75) is 32.3 Å². The van der Waals surface area contributed by atoms with Crippen molar-refractivity contribution < 1.29 is 19.4 Å². The molecule has 0 aromatic rings. The largest absolute Gasteiger partial charge is 0.481 e. The third-order valence-electron chi connectivity index (χ3n) is 3.21. The van der Waals surface area contributed by atoms with E-state index in [0.717, 1.165) is 6.42 Å². The molecule has 0 aromatic carbocycles. The van der Waals surface area contributed by atoms with Gasteiger partial charge in [0, 0.05) is 31.3 Å². The summed E-state index contributed by atoms with van der Waals surface area (Å²) in [5, 5.41) is 8.78. The van der Waals surface area contributed by atoms with Crippen LogP contribution in [0.15, 0.2) is 16.9 Å². The Kier molecular flexibility index (Phi) is 4.31. The monoisotopic (exact) mass is 266 g/mol. The van der Waals surface area contributed by atoms with Gasteiger partial charge in [-0.05, 0) is 6.42 Å². The minimum absolute atomic E-state index is 0.0826. The zero-order valence-corrected chi connectivity index (χ0v) is 11.0. The van der Waals surface area contributed by atoms with Crippen LogP contribution in [0.3, 0.4) is 0 Å². The smallest absolute Gasteiger partial charge is 0.309 e. The molecular formula is C13H18N2O4. The summed E-state index contributed by atoms with van der Waals surface area (Å²) in [5.41, 5.74) is 0.426. The van der Waals surface area contributed by atoms with E-state index >= 15 is 0 Å². The molecule has 19 heavy (non-hydrogen) atoms. The Balaban J connectivity index is 2.11. The van der Waals surface area contributed by atoms with Gasteiger partial charge in [0.25, 0.3) is 0 Å². The van der Waals surface area contributed by atoms with Crippen molar-refractivity contribution in [3.63, 3.8) is 0 Å². The highest BCUT2D eigenvalue weighted by molar-refractivity contribution is 6.13. The van der Waals surface area contributed by atoms with Crippen molar-refractivity contribution in [3.05, 3.63) is 11.9 Å². The van der Waals surface area contributed by atoms with Gasteiger partial charge in [-0.2, -0.15) is 0 Å². The molecule has 1 saturated heterocycles. The van der Waals surface area contributed by atoms with Crippen LogP contribution in [0.2, 0.25) is 0 Å². The summed E-state index contributed by atoms with van der Waals surface area (Å²) < 4.78 is 5.57. The third-order valence-corrected chi connectivity index (χ3v) is 3.21. The summed E-state index contributed by atoms with van der Waals surface area (Å²) in [6.45, 7) is 4.03. The maximum atomic E-state index is 11.7. The first-order valence-corrected chi connectivity index (χ1v) is 6.47. The number of ether oxygens (including phenoxy) is 1. The van der Waals surface area contributed by atoms with Crippen LogP contribution in [0.1, 0.15) is 26.2 Å². The van der Waals surface area contributed by atoms with Gasteiger partial charge in [-0.25, -0.2) is 4.99 Å². The zero-order chi connectivity index (χ0) is 13.8. The van der Waals surface area contributed by atoms with Crippen LogP contribution in [0.25, 0.3) is 0 Å². The molecule has 2 rings (SSSR count). The maximum Gasteiger partial charge on any atom is 0.309 e. The number of hydrogen-bond donors (Lipinski definition) is 1. The molecule has 1 N–H and O–H groups in total. The second-order valence-electron chi connectivity index (χ2n) is 4.74. The third kappa shape index (κ3) is 3.64. The highest BCUT2D eigenvalue weighted by atomic mass is 16.5. The van der Waals surface area contributed by atoms with Crippen molar-refractivity contribution in [3.8, 4) is 0 Å². The highest BCUT2D eigenvalue weighted by Gasteiger charge is 2.24. The number of carbonyl (C=O) groups is 2. The Morgan fingerprint density at radius 3 is 3.11 bits per heavy atom. The Hall–Kier alpha value is -1.69. The van der Waals surface area contributed by atoms with Crippen molar-refractivity contribution in [2.24, 2.45) is 4.99 Å². The number of aliphatic carboxylic acids is 1. The van der Waals surface area contributed by atoms with E-state index in [2.05, 4.69) is 4.99 Å². The average Bonchev–Trinajstić information content (AvgIpc) is 2.37. The van der Waals surface area contributed by atoms with Crippen LogP contribution in [-0.4, -0.2) is 53.3 Å². The van der Waals surface area contributed by atoms with Gasteiger partial charge in [0.05, 0.1) is 19.1 Å². The Morgan fingerprint density at radius 2 is 2.42 bits per heavy atom. The van der Waals surface area contributed by atoms with Gasteiger partial charge < -0.3 is 14.7 Å². The number of ketones is 1. The SMILES string of the molecule is CCC1CN(C2=CC(=O)CC(CC(=O)O)=N2)CCO1. The normalized spacial score (nSPS) is 23.9. The van der Waals surface area contributed by atoms with E-state index in [0.29, 0.717) is 31.2 Å². The number of carbonyl (C=O) groups excluding carboxylic acids is 1. The van der Waals surface area contributed by atoms with Gasteiger partial charge in [0.2, 0.25) is 0 Å². The summed E-state index contributed by atoms with van der Waals surface area (Å²) >= 11 is 0. The van der Waals surface area contributed by atoms with Crippen LogP contribution >= 0.6 is 0 Å². The first-order valence-electron chi connectivity index (χ1n) is 6.47. The van der Waals surface area contributed by atoms with Gasteiger partial charge in [0.15, 0.2) is 5.78 Å². The van der Waals surface area contributed by atoms with E-state index in [9.17, 15) is 9.59 Å². The first-order chi connectivity index (χ1) is 9.08. The number of hydrogen-bond acceptors (Lipinski definition) is 5. The molecule has 6 nitrogen and oxygen atoms in total. The van der Waals surface area contributed by atoms with Crippen molar-refractivity contribution >= 4 is 17.5 Å². The maximum absolute atomic E-state index is 11.7. The quantitative estimate of drug-likeness (QED) is 0.815. The van der Waals surface area contributed by atoms with Gasteiger partial charge in [-0.3, -0.25) is 9.59 Å². The van der Waals surface area contributed by atoms with Crippen LogP contribution in [-0.2, 0) is 14.3 Å². The minimum Gasteiger partial charge on any atom is -0.481 e. The average molecular weight is 266 g/mol. The number of aliphatic imine (C=N–C) groups is 1. The number of morpholine rings is 1. The molecule has 0 aliphatic carbocycles. The van der Waals surface area contributed by atoms with E-state index in [-0.39, 0.29) is 24.7 Å². The molecule has 2 heterocycles. The second kappa shape index (κ2) is 5.97. The van der Waals surface area contributed by atoms with Gasteiger partial charge >= 0.3 is 5.97 Å².